The van der Waals surface area contributed by atoms with E-state index in [2.05, 4.69) is 5.32 Å². The Hall–Kier alpha value is -0.710. The van der Waals surface area contributed by atoms with Crippen LogP contribution < -0.4 is 5.32 Å². The van der Waals surface area contributed by atoms with Gasteiger partial charge in [0.15, 0.2) is 0 Å². The van der Waals surface area contributed by atoms with E-state index in [0.29, 0.717) is 12.8 Å². The van der Waals surface area contributed by atoms with Gasteiger partial charge in [-0.3, -0.25) is 4.79 Å². The van der Waals surface area contributed by atoms with Gasteiger partial charge in [-0.25, -0.2) is 4.79 Å². The molecule has 0 spiro atoms. The quantitative estimate of drug-likeness (QED) is 0.806. The number of hydrogen-bond acceptors (Lipinski definition) is 4. The summed E-state index contributed by atoms with van der Waals surface area (Å²) in [5.74, 6) is 1.73. The van der Waals surface area contributed by atoms with Crippen LogP contribution in [-0.2, 0) is 9.53 Å². The first-order valence-corrected chi connectivity index (χ1v) is 6.51. The van der Waals surface area contributed by atoms with Crippen molar-refractivity contribution >= 4 is 24.1 Å². The van der Waals surface area contributed by atoms with Gasteiger partial charge in [-0.1, -0.05) is 0 Å². The summed E-state index contributed by atoms with van der Waals surface area (Å²) >= 11 is 1.78. The van der Waals surface area contributed by atoms with E-state index in [1.165, 1.54) is 0 Å². The highest BCUT2D eigenvalue weighted by molar-refractivity contribution is 7.99. The lowest BCUT2D eigenvalue weighted by atomic mass is 9.94. The number of rotatable bonds is 2. The molecule has 1 amide bonds. The lowest BCUT2D eigenvalue weighted by Gasteiger charge is -2.32. The first-order valence-electron chi connectivity index (χ1n) is 5.35. The second kappa shape index (κ2) is 5.08. The fourth-order valence-electron chi connectivity index (χ4n) is 1.47. The lowest BCUT2D eigenvalue weighted by molar-refractivity contribution is 0.0479. The van der Waals surface area contributed by atoms with Crippen molar-refractivity contribution < 1.29 is 14.3 Å². The Kier molecular flexibility index (Phi) is 4.24. The van der Waals surface area contributed by atoms with Gasteiger partial charge < -0.3 is 10.1 Å². The van der Waals surface area contributed by atoms with Gasteiger partial charge in [0, 0.05) is 0 Å². The van der Waals surface area contributed by atoms with Gasteiger partial charge in [0.1, 0.15) is 11.1 Å². The van der Waals surface area contributed by atoms with Crippen LogP contribution in [0.4, 0.5) is 4.79 Å². The van der Waals surface area contributed by atoms with E-state index < -0.39 is 17.2 Å². The Balaban J connectivity index is 2.56. The summed E-state index contributed by atoms with van der Waals surface area (Å²) in [6, 6.07) is 0. The number of carbonyl (C=O) groups excluding carboxylic acids is 2. The van der Waals surface area contributed by atoms with Crippen LogP contribution in [-0.4, -0.2) is 35.0 Å². The second-order valence-corrected chi connectivity index (χ2v) is 6.15. The summed E-state index contributed by atoms with van der Waals surface area (Å²) in [5.41, 5.74) is -1.38. The van der Waals surface area contributed by atoms with Crippen molar-refractivity contribution in [3.8, 4) is 0 Å². The van der Waals surface area contributed by atoms with Crippen LogP contribution in [0.25, 0.3) is 0 Å². The molecular weight excluding hydrogens is 226 g/mol. The number of thioether (sulfide) groups is 1. The van der Waals surface area contributed by atoms with E-state index in [9.17, 15) is 9.59 Å². The zero-order valence-corrected chi connectivity index (χ0v) is 10.8. The van der Waals surface area contributed by atoms with Gasteiger partial charge in [0.05, 0.1) is 0 Å². The summed E-state index contributed by atoms with van der Waals surface area (Å²) in [5, 5.41) is 2.64. The van der Waals surface area contributed by atoms with Crippen LogP contribution in [0.5, 0.6) is 0 Å². The molecule has 0 aromatic heterocycles. The normalized spacial score (nSPS) is 19.9. The molecule has 0 unspecified atom stereocenters. The number of ether oxygens (including phenoxy) is 1. The second-order valence-electron chi connectivity index (χ2n) is 4.92. The van der Waals surface area contributed by atoms with Crippen LogP contribution in [0.3, 0.4) is 0 Å². The van der Waals surface area contributed by atoms with Gasteiger partial charge in [-0.15, -0.1) is 0 Å². The minimum Gasteiger partial charge on any atom is -0.444 e. The highest BCUT2D eigenvalue weighted by Crippen LogP contribution is 2.25. The van der Waals surface area contributed by atoms with Gasteiger partial charge in [0.2, 0.25) is 6.29 Å². The average molecular weight is 244 g/mol. The highest BCUT2D eigenvalue weighted by Gasteiger charge is 2.36. The van der Waals surface area contributed by atoms with Crippen LogP contribution >= 0.6 is 11.8 Å². The molecule has 1 aliphatic heterocycles. The van der Waals surface area contributed by atoms with E-state index in [-0.39, 0.29) is 0 Å². The molecule has 0 bridgehead atoms. The molecule has 0 aliphatic carbocycles. The fourth-order valence-corrected chi connectivity index (χ4v) is 2.66. The van der Waals surface area contributed by atoms with Crippen LogP contribution in [0.1, 0.15) is 33.6 Å². The van der Waals surface area contributed by atoms with Crippen molar-refractivity contribution in [3.63, 3.8) is 0 Å². The highest BCUT2D eigenvalue weighted by atomic mass is 32.2. The number of hydrogen-bond donors (Lipinski definition) is 1. The standard InChI is InChI=1S/C11H18NO3S/c1-10(2,3)15-9(14)12-11(8-13)4-6-16-7-5-11/h4-7H2,1-3H3,(H,12,14). The van der Waals surface area contributed by atoms with Crippen LogP contribution in [0, 0.1) is 0 Å². The Morgan fingerprint density at radius 1 is 1.38 bits per heavy atom. The summed E-state index contributed by atoms with van der Waals surface area (Å²) in [4.78, 5) is 22.6. The largest absolute Gasteiger partial charge is 0.444 e. The number of amides is 1. The molecule has 0 aromatic rings. The topological polar surface area (TPSA) is 55.4 Å². The number of alkyl carbamates (subject to hydrolysis) is 1. The lowest BCUT2D eigenvalue weighted by Crippen LogP contribution is -2.53. The molecule has 0 aromatic carbocycles. The van der Waals surface area contributed by atoms with Crippen molar-refractivity contribution in [2.45, 2.75) is 44.8 Å². The predicted octanol–water partition coefficient (Wildman–Crippen LogP) is 1.89. The Labute approximate surface area is 100 Å². The first-order chi connectivity index (χ1) is 7.37. The molecule has 1 rings (SSSR count). The molecule has 5 heteroatoms. The van der Waals surface area contributed by atoms with Crippen LogP contribution in [0.2, 0.25) is 0 Å². The van der Waals surface area contributed by atoms with E-state index >= 15 is 0 Å². The smallest absolute Gasteiger partial charge is 0.408 e. The zero-order valence-electron chi connectivity index (χ0n) is 9.96. The zero-order chi connectivity index (χ0) is 12.2. The maximum absolute atomic E-state index is 11.6. The SMILES string of the molecule is CC(C)(C)OC(=O)NC1([C]=O)CCSCC1. The van der Waals surface area contributed by atoms with Crippen molar-refractivity contribution in [2.75, 3.05) is 11.5 Å². The summed E-state index contributed by atoms with van der Waals surface area (Å²) in [6.07, 6.45) is 2.67. The van der Waals surface area contributed by atoms with Crippen LogP contribution in [0.15, 0.2) is 0 Å². The fraction of sp³-hybridized carbons (Fsp3) is 0.818. The Morgan fingerprint density at radius 2 is 1.94 bits per heavy atom. The third-order valence-electron chi connectivity index (χ3n) is 2.28. The molecule has 16 heavy (non-hydrogen) atoms. The molecule has 1 N–H and O–H groups in total. The molecule has 1 aliphatic rings. The monoisotopic (exact) mass is 244 g/mol. The molecule has 4 nitrogen and oxygen atoms in total. The van der Waals surface area contributed by atoms with Gasteiger partial charge in [0.25, 0.3) is 0 Å². The van der Waals surface area contributed by atoms with E-state index in [1.54, 1.807) is 32.5 Å². The molecule has 1 fully saturated rings. The minimum atomic E-state index is -0.840. The molecule has 1 radical (unpaired) electrons. The summed E-state index contributed by atoms with van der Waals surface area (Å²) in [6.45, 7) is 5.38. The average Bonchev–Trinajstić information content (AvgIpc) is 2.16. The molecule has 0 saturated carbocycles. The van der Waals surface area contributed by atoms with Crippen molar-refractivity contribution in [3.05, 3.63) is 0 Å². The van der Waals surface area contributed by atoms with E-state index in [0.717, 1.165) is 11.5 Å². The van der Waals surface area contributed by atoms with Crippen molar-refractivity contribution in [1.82, 2.24) is 5.32 Å². The Morgan fingerprint density at radius 3 is 2.38 bits per heavy atom. The maximum atomic E-state index is 11.6. The summed E-state index contributed by atoms with van der Waals surface area (Å²) < 4.78 is 5.13. The molecule has 1 heterocycles. The Bertz CT molecular complexity index is 267. The molecule has 1 saturated heterocycles. The van der Waals surface area contributed by atoms with Gasteiger partial charge >= 0.3 is 6.09 Å². The number of nitrogens with one attached hydrogen (secondary N) is 1. The number of carbonyl (C=O) groups is 1. The van der Waals surface area contributed by atoms with Crippen molar-refractivity contribution in [1.29, 1.82) is 0 Å². The van der Waals surface area contributed by atoms with Gasteiger partial charge in [-0.2, -0.15) is 11.8 Å². The third kappa shape index (κ3) is 4.04. The maximum Gasteiger partial charge on any atom is 0.408 e. The first kappa shape index (κ1) is 13.4. The van der Waals surface area contributed by atoms with E-state index in [1.807, 2.05) is 6.29 Å². The molecular formula is C11H18NO3S. The van der Waals surface area contributed by atoms with Gasteiger partial charge in [-0.05, 0) is 45.1 Å². The summed E-state index contributed by atoms with van der Waals surface area (Å²) in [7, 11) is 0. The van der Waals surface area contributed by atoms with Crippen molar-refractivity contribution in [2.24, 2.45) is 0 Å². The minimum absolute atomic E-state index is 0.539. The molecule has 0 atom stereocenters. The van der Waals surface area contributed by atoms with E-state index in [4.69, 9.17) is 4.74 Å². The predicted molar refractivity (Wildman–Crippen MR) is 64.4 cm³/mol. The third-order valence-corrected chi connectivity index (χ3v) is 3.27. The molecule has 91 valence electrons.